The van der Waals surface area contributed by atoms with Crippen LogP contribution in [0.2, 0.25) is 0 Å². The van der Waals surface area contributed by atoms with Gasteiger partial charge in [-0.2, -0.15) is 0 Å². The van der Waals surface area contributed by atoms with E-state index in [1.807, 2.05) is 0 Å². The van der Waals surface area contributed by atoms with E-state index in [9.17, 15) is 0 Å². The molecule has 94 valence electrons. The maximum atomic E-state index is 6.61. The summed E-state index contributed by atoms with van der Waals surface area (Å²) >= 11 is 6.61. The summed E-state index contributed by atoms with van der Waals surface area (Å²) < 4.78 is 0. The molecule has 0 saturated heterocycles. The molecule has 1 atom stereocenters. The van der Waals surface area contributed by atoms with Gasteiger partial charge in [-0.25, -0.2) is 0 Å². The molecule has 0 spiro atoms. The zero-order chi connectivity index (χ0) is 13.0. The average molecular weight is 259 g/mol. The van der Waals surface area contributed by atoms with Crippen molar-refractivity contribution in [2.75, 3.05) is 0 Å². The van der Waals surface area contributed by atoms with Crippen LogP contribution in [0.5, 0.6) is 0 Å². The van der Waals surface area contributed by atoms with E-state index in [-0.39, 0.29) is 5.38 Å². The van der Waals surface area contributed by atoms with Crippen LogP contribution >= 0.6 is 11.6 Å². The Morgan fingerprint density at radius 3 is 2.17 bits per heavy atom. The molecule has 2 aromatic carbocycles. The van der Waals surface area contributed by atoms with Crippen molar-refractivity contribution in [3.63, 3.8) is 0 Å². The number of benzene rings is 2. The standard InChI is InChI=1S/C17H19Cl/c1-3-13-9-11-15(12-10-13)17(18)16-8-6-5-7-14(16)4-2/h5-12,17H,3-4H2,1-2H3. The van der Waals surface area contributed by atoms with Gasteiger partial charge in [0.1, 0.15) is 0 Å². The smallest absolute Gasteiger partial charge is 0.0838 e. The van der Waals surface area contributed by atoms with Crippen LogP contribution in [0, 0.1) is 0 Å². The molecule has 2 aromatic rings. The van der Waals surface area contributed by atoms with Gasteiger partial charge >= 0.3 is 0 Å². The van der Waals surface area contributed by atoms with Crippen LogP contribution in [0.3, 0.4) is 0 Å². The molecule has 0 bridgehead atoms. The van der Waals surface area contributed by atoms with Gasteiger partial charge in [0.05, 0.1) is 5.38 Å². The third-order valence-electron chi connectivity index (χ3n) is 3.39. The number of halogens is 1. The molecule has 0 aliphatic carbocycles. The summed E-state index contributed by atoms with van der Waals surface area (Å²) in [6.07, 6.45) is 2.09. The second kappa shape index (κ2) is 6.06. The molecular weight excluding hydrogens is 240 g/mol. The van der Waals surface area contributed by atoms with Crippen LogP contribution < -0.4 is 0 Å². The van der Waals surface area contributed by atoms with Crippen molar-refractivity contribution in [2.45, 2.75) is 32.1 Å². The molecule has 0 amide bonds. The first-order chi connectivity index (χ1) is 8.76. The summed E-state index contributed by atoms with van der Waals surface area (Å²) in [5.74, 6) is 0. The summed E-state index contributed by atoms with van der Waals surface area (Å²) in [6, 6.07) is 17.0. The molecule has 1 unspecified atom stereocenters. The first-order valence-corrected chi connectivity index (χ1v) is 7.00. The second-order valence-corrected chi connectivity index (χ2v) is 4.95. The summed E-state index contributed by atoms with van der Waals surface area (Å²) in [5, 5.41) is -0.0490. The highest BCUT2D eigenvalue weighted by Gasteiger charge is 2.13. The fraction of sp³-hybridized carbons (Fsp3) is 0.294. The monoisotopic (exact) mass is 258 g/mol. The third kappa shape index (κ3) is 2.76. The molecule has 0 aliphatic rings. The van der Waals surface area contributed by atoms with Gasteiger partial charge in [0.2, 0.25) is 0 Å². The van der Waals surface area contributed by atoms with Gasteiger partial charge in [-0.15, -0.1) is 11.6 Å². The Bertz CT molecular complexity index is 499. The van der Waals surface area contributed by atoms with E-state index in [4.69, 9.17) is 11.6 Å². The molecule has 0 saturated carbocycles. The lowest BCUT2D eigenvalue weighted by Gasteiger charge is -2.14. The van der Waals surface area contributed by atoms with Crippen molar-refractivity contribution < 1.29 is 0 Å². The summed E-state index contributed by atoms with van der Waals surface area (Å²) in [6.45, 7) is 4.34. The van der Waals surface area contributed by atoms with Gasteiger partial charge in [-0.3, -0.25) is 0 Å². The third-order valence-corrected chi connectivity index (χ3v) is 3.88. The first kappa shape index (κ1) is 13.2. The number of rotatable bonds is 4. The maximum absolute atomic E-state index is 6.61. The van der Waals surface area contributed by atoms with Crippen LogP contribution in [-0.4, -0.2) is 0 Å². The quantitative estimate of drug-likeness (QED) is 0.666. The largest absolute Gasteiger partial charge is 0.113 e. The highest BCUT2D eigenvalue weighted by Crippen LogP contribution is 2.31. The molecule has 2 rings (SSSR count). The van der Waals surface area contributed by atoms with Crippen molar-refractivity contribution in [1.29, 1.82) is 0 Å². The van der Waals surface area contributed by atoms with E-state index >= 15 is 0 Å². The Morgan fingerprint density at radius 1 is 0.889 bits per heavy atom. The van der Waals surface area contributed by atoms with Crippen molar-refractivity contribution in [2.24, 2.45) is 0 Å². The average Bonchev–Trinajstić information content (AvgIpc) is 2.46. The van der Waals surface area contributed by atoms with E-state index in [2.05, 4.69) is 62.4 Å². The van der Waals surface area contributed by atoms with Crippen molar-refractivity contribution >= 4 is 11.6 Å². The van der Waals surface area contributed by atoms with Gasteiger partial charge < -0.3 is 0 Å². The number of aryl methyl sites for hydroxylation is 2. The van der Waals surface area contributed by atoms with E-state index < -0.39 is 0 Å². The SMILES string of the molecule is CCc1ccc(C(Cl)c2ccccc2CC)cc1. The lowest BCUT2D eigenvalue weighted by Crippen LogP contribution is -1.98. The van der Waals surface area contributed by atoms with Crippen LogP contribution in [0.15, 0.2) is 48.5 Å². The van der Waals surface area contributed by atoms with Gasteiger partial charge in [0.15, 0.2) is 0 Å². The zero-order valence-electron chi connectivity index (χ0n) is 11.0. The van der Waals surface area contributed by atoms with Crippen molar-refractivity contribution in [3.05, 3.63) is 70.8 Å². The van der Waals surface area contributed by atoms with E-state index in [0.717, 1.165) is 12.8 Å². The number of hydrogen-bond donors (Lipinski definition) is 0. The van der Waals surface area contributed by atoms with Gasteiger partial charge in [-0.1, -0.05) is 62.4 Å². The van der Waals surface area contributed by atoms with Crippen LogP contribution in [0.25, 0.3) is 0 Å². The molecule has 1 heteroatoms. The summed E-state index contributed by atoms with van der Waals surface area (Å²) in [5.41, 5.74) is 5.09. The highest BCUT2D eigenvalue weighted by atomic mass is 35.5. The van der Waals surface area contributed by atoms with Crippen molar-refractivity contribution in [1.82, 2.24) is 0 Å². The fourth-order valence-electron chi connectivity index (χ4n) is 2.21. The Hall–Kier alpha value is -1.27. The molecule has 18 heavy (non-hydrogen) atoms. The van der Waals surface area contributed by atoms with E-state index in [1.54, 1.807) is 0 Å². The minimum Gasteiger partial charge on any atom is -0.113 e. The van der Waals surface area contributed by atoms with Crippen molar-refractivity contribution in [3.8, 4) is 0 Å². The Labute approximate surface area is 115 Å². The topological polar surface area (TPSA) is 0 Å². The number of hydrogen-bond acceptors (Lipinski definition) is 0. The van der Waals surface area contributed by atoms with Gasteiger partial charge in [0, 0.05) is 0 Å². The molecule has 0 aliphatic heterocycles. The molecule has 0 aromatic heterocycles. The normalized spacial score (nSPS) is 12.4. The lowest BCUT2D eigenvalue weighted by molar-refractivity contribution is 1.03. The molecule has 0 nitrogen and oxygen atoms in total. The molecule has 0 heterocycles. The Morgan fingerprint density at radius 2 is 1.56 bits per heavy atom. The first-order valence-electron chi connectivity index (χ1n) is 6.57. The Kier molecular flexibility index (Phi) is 4.43. The molecular formula is C17H19Cl. The van der Waals surface area contributed by atoms with Gasteiger partial charge in [-0.05, 0) is 35.1 Å². The van der Waals surface area contributed by atoms with Crippen LogP contribution in [0.1, 0.15) is 41.5 Å². The second-order valence-electron chi connectivity index (χ2n) is 4.51. The zero-order valence-corrected chi connectivity index (χ0v) is 11.7. The number of alkyl halides is 1. The fourth-order valence-corrected chi connectivity index (χ4v) is 2.56. The Balaban J connectivity index is 2.31. The van der Waals surface area contributed by atoms with Crippen LogP contribution in [-0.2, 0) is 12.8 Å². The minimum absolute atomic E-state index is 0.0490. The summed E-state index contributed by atoms with van der Waals surface area (Å²) in [7, 11) is 0. The summed E-state index contributed by atoms with van der Waals surface area (Å²) in [4.78, 5) is 0. The molecule has 0 radical (unpaired) electrons. The van der Waals surface area contributed by atoms with E-state index in [1.165, 1.54) is 22.3 Å². The molecule has 0 fully saturated rings. The predicted molar refractivity (Wildman–Crippen MR) is 79.3 cm³/mol. The minimum atomic E-state index is -0.0490. The van der Waals surface area contributed by atoms with E-state index in [0.29, 0.717) is 0 Å². The maximum Gasteiger partial charge on any atom is 0.0838 e. The molecule has 0 N–H and O–H groups in total. The predicted octanol–water partition coefficient (Wildman–Crippen LogP) is 5.14. The van der Waals surface area contributed by atoms with Crippen LogP contribution in [0.4, 0.5) is 0 Å². The highest BCUT2D eigenvalue weighted by molar-refractivity contribution is 6.22. The van der Waals surface area contributed by atoms with Gasteiger partial charge in [0.25, 0.3) is 0 Å². The lowest BCUT2D eigenvalue weighted by atomic mass is 9.97.